The van der Waals surface area contributed by atoms with Crippen LogP contribution in [0, 0.1) is 23.5 Å². The number of halogens is 2. The van der Waals surface area contributed by atoms with E-state index >= 15 is 0 Å². The fraction of sp³-hybridized carbons (Fsp3) is 0.167. The van der Waals surface area contributed by atoms with Gasteiger partial charge in [0.1, 0.15) is 6.61 Å². The summed E-state index contributed by atoms with van der Waals surface area (Å²) >= 11 is 0. The predicted molar refractivity (Wildman–Crippen MR) is 84.6 cm³/mol. The molecule has 4 nitrogen and oxygen atoms in total. The highest BCUT2D eigenvalue weighted by atomic mass is 19.1. The lowest BCUT2D eigenvalue weighted by Gasteiger charge is -2.06. The smallest absolute Gasteiger partial charge is 0.258 e. The zero-order valence-corrected chi connectivity index (χ0v) is 12.7. The van der Waals surface area contributed by atoms with Gasteiger partial charge < -0.3 is 14.8 Å². The van der Waals surface area contributed by atoms with Crippen LogP contribution >= 0.6 is 0 Å². The molecule has 0 aliphatic carbocycles. The topological polar surface area (TPSA) is 47.6 Å². The molecule has 0 bridgehead atoms. The van der Waals surface area contributed by atoms with E-state index in [1.165, 1.54) is 30.3 Å². The number of carbonyl (C=O) groups is 1. The van der Waals surface area contributed by atoms with Crippen molar-refractivity contribution >= 4 is 5.91 Å². The summed E-state index contributed by atoms with van der Waals surface area (Å²) in [7, 11) is 0. The normalized spacial score (nSPS) is 9.58. The third-order valence-corrected chi connectivity index (χ3v) is 2.83. The zero-order chi connectivity index (χ0) is 17.2. The second kappa shape index (κ2) is 9.16. The second-order valence-electron chi connectivity index (χ2n) is 4.57. The number of benzene rings is 2. The summed E-state index contributed by atoms with van der Waals surface area (Å²) in [5.41, 5.74) is 0. The maximum atomic E-state index is 13.3. The highest BCUT2D eigenvalue weighted by Crippen LogP contribution is 2.15. The Labute approximate surface area is 138 Å². The first-order chi connectivity index (χ1) is 11.7. The van der Waals surface area contributed by atoms with E-state index in [0.29, 0.717) is 0 Å². The molecule has 124 valence electrons. The van der Waals surface area contributed by atoms with Gasteiger partial charge in [-0.25, -0.2) is 8.78 Å². The maximum Gasteiger partial charge on any atom is 0.258 e. The Balaban J connectivity index is 1.65. The molecule has 2 rings (SSSR count). The standard InChI is InChI=1S/C18H15F2NO3/c19-14-7-1-3-9-16(14)23-12-6-5-11-21-18(22)13-24-17-10-4-2-8-15(17)20/h1-4,7-10H,11-13H2,(H,21,22). The van der Waals surface area contributed by atoms with Crippen LogP contribution in [0.2, 0.25) is 0 Å². The number of carbonyl (C=O) groups excluding carboxylic acids is 1. The first-order valence-electron chi connectivity index (χ1n) is 7.14. The summed E-state index contributed by atoms with van der Waals surface area (Å²) in [5, 5.41) is 2.49. The van der Waals surface area contributed by atoms with Crippen molar-refractivity contribution in [1.29, 1.82) is 0 Å². The lowest BCUT2D eigenvalue weighted by Crippen LogP contribution is -2.29. The third kappa shape index (κ3) is 5.61. The Morgan fingerprint density at radius 3 is 2.12 bits per heavy atom. The monoisotopic (exact) mass is 331 g/mol. The number of hydrogen-bond acceptors (Lipinski definition) is 3. The summed E-state index contributed by atoms with van der Waals surface area (Å²) < 4.78 is 36.7. The minimum Gasteiger partial charge on any atom is -0.481 e. The fourth-order valence-electron chi connectivity index (χ4n) is 1.69. The van der Waals surface area contributed by atoms with Crippen LogP contribution < -0.4 is 14.8 Å². The number of amides is 1. The Morgan fingerprint density at radius 1 is 0.917 bits per heavy atom. The number of nitrogens with one attached hydrogen (secondary N) is 1. The minimum atomic E-state index is -0.532. The van der Waals surface area contributed by atoms with Crippen molar-refractivity contribution in [3.8, 4) is 23.3 Å². The molecule has 0 spiro atoms. The minimum absolute atomic E-state index is 0.00251. The van der Waals surface area contributed by atoms with Crippen LogP contribution in [-0.4, -0.2) is 25.7 Å². The molecule has 0 saturated carbocycles. The molecule has 0 aliphatic rings. The van der Waals surface area contributed by atoms with Gasteiger partial charge in [-0.05, 0) is 24.3 Å². The van der Waals surface area contributed by atoms with Gasteiger partial charge in [0.2, 0.25) is 0 Å². The van der Waals surface area contributed by atoms with Crippen molar-refractivity contribution in [2.24, 2.45) is 0 Å². The molecular weight excluding hydrogens is 316 g/mol. The van der Waals surface area contributed by atoms with Gasteiger partial charge in [0.05, 0.1) is 6.54 Å². The van der Waals surface area contributed by atoms with Crippen molar-refractivity contribution in [1.82, 2.24) is 5.32 Å². The van der Waals surface area contributed by atoms with Crippen LogP contribution in [0.4, 0.5) is 8.78 Å². The average Bonchev–Trinajstić information content (AvgIpc) is 2.58. The Kier molecular flexibility index (Phi) is 6.59. The van der Waals surface area contributed by atoms with Crippen LogP contribution in [0.25, 0.3) is 0 Å². The van der Waals surface area contributed by atoms with E-state index in [-0.39, 0.29) is 31.3 Å². The predicted octanol–water partition coefficient (Wildman–Crippen LogP) is 2.54. The van der Waals surface area contributed by atoms with Crippen LogP contribution in [0.15, 0.2) is 48.5 Å². The first-order valence-corrected chi connectivity index (χ1v) is 7.14. The zero-order valence-electron chi connectivity index (χ0n) is 12.7. The van der Waals surface area contributed by atoms with E-state index in [1.807, 2.05) is 0 Å². The van der Waals surface area contributed by atoms with Crippen LogP contribution in [0.5, 0.6) is 11.5 Å². The molecule has 0 saturated heterocycles. The van der Waals surface area contributed by atoms with Crippen molar-refractivity contribution < 1.29 is 23.0 Å². The number of rotatable bonds is 6. The Bertz CT molecular complexity index is 753. The lowest BCUT2D eigenvalue weighted by molar-refractivity contribution is -0.122. The van der Waals surface area contributed by atoms with Gasteiger partial charge in [-0.2, -0.15) is 0 Å². The maximum absolute atomic E-state index is 13.3. The number of hydrogen-bond donors (Lipinski definition) is 1. The molecule has 1 amide bonds. The molecule has 2 aromatic carbocycles. The lowest BCUT2D eigenvalue weighted by atomic mass is 10.3. The van der Waals surface area contributed by atoms with Crippen LogP contribution in [0.3, 0.4) is 0 Å². The Morgan fingerprint density at radius 2 is 1.50 bits per heavy atom. The van der Waals surface area contributed by atoms with E-state index in [0.717, 1.165) is 0 Å². The summed E-state index contributed by atoms with van der Waals surface area (Å²) in [5.74, 6) is 4.01. The van der Waals surface area contributed by atoms with Gasteiger partial charge in [0.15, 0.2) is 29.7 Å². The quantitative estimate of drug-likeness (QED) is 0.828. The van der Waals surface area contributed by atoms with Gasteiger partial charge in [0.25, 0.3) is 5.91 Å². The first kappa shape index (κ1) is 17.3. The van der Waals surface area contributed by atoms with Crippen LogP contribution in [-0.2, 0) is 4.79 Å². The van der Waals surface area contributed by atoms with E-state index in [1.54, 1.807) is 18.2 Å². The number of para-hydroxylation sites is 2. The average molecular weight is 331 g/mol. The molecule has 0 unspecified atom stereocenters. The van der Waals surface area contributed by atoms with Gasteiger partial charge >= 0.3 is 0 Å². The molecule has 1 N–H and O–H groups in total. The molecule has 2 aromatic rings. The van der Waals surface area contributed by atoms with E-state index < -0.39 is 17.5 Å². The molecule has 6 heteroatoms. The summed E-state index contributed by atoms with van der Waals surface area (Å²) in [6, 6.07) is 11.8. The molecule has 0 aliphatic heterocycles. The summed E-state index contributed by atoms with van der Waals surface area (Å²) in [4.78, 5) is 11.5. The van der Waals surface area contributed by atoms with Crippen molar-refractivity contribution in [2.75, 3.05) is 19.8 Å². The van der Waals surface area contributed by atoms with Gasteiger partial charge in [0, 0.05) is 0 Å². The highest BCUT2D eigenvalue weighted by molar-refractivity contribution is 5.77. The highest BCUT2D eigenvalue weighted by Gasteiger charge is 2.05. The van der Waals surface area contributed by atoms with E-state index in [4.69, 9.17) is 9.47 Å². The SMILES string of the molecule is O=C(COc1ccccc1F)NCC#CCOc1ccccc1F. The second-order valence-corrected chi connectivity index (χ2v) is 4.57. The largest absolute Gasteiger partial charge is 0.481 e. The third-order valence-electron chi connectivity index (χ3n) is 2.83. The molecule has 0 radical (unpaired) electrons. The summed E-state index contributed by atoms with van der Waals surface area (Å²) in [6.07, 6.45) is 0. The Hall–Kier alpha value is -3.07. The van der Waals surface area contributed by atoms with Crippen molar-refractivity contribution in [2.45, 2.75) is 0 Å². The van der Waals surface area contributed by atoms with E-state index in [2.05, 4.69) is 17.2 Å². The molecule has 0 heterocycles. The van der Waals surface area contributed by atoms with Gasteiger partial charge in [-0.15, -0.1) is 0 Å². The number of ether oxygens (including phenoxy) is 2. The fourth-order valence-corrected chi connectivity index (χ4v) is 1.69. The summed E-state index contributed by atoms with van der Waals surface area (Å²) in [6.45, 7) is -0.225. The molecule has 24 heavy (non-hydrogen) atoms. The molecule has 0 fully saturated rings. The molecular formula is C18H15F2NO3. The van der Waals surface area contributed by atoms with Crippen molar-refractivity contribution in [3.05, 3.63) is 60.2 Å². The van der Waals surface area contributed by atoms with Crippen molar-refractivity contribution in [3.63, 3.8) is 0 Å². The van der Waals surface area contributed by atoms with Gasteiger partial charge in [-0.1, -0.05) is 36.1 Å². The molecule has 0 aromatic heterocycles. The van der Waals surface area contributed by atoms with Gasteiger partial charge in [-0.3, -0.25) is 4.79 Å². The van der Waals surface area contributed by atoms with E-state index in [9.17, 15) is 13.6 Å². The molecule has 0 atom stereocenters. The van der Waals surface area contributed by atoms with Crippen LogP contribution in [0.1, 0.15) is 0 Å².